The van der Waals surface area contributed by atoms with Crippen molar-refractivity contribution in [3.63, 3.8) is 0 Å². The van der Waals surface area contributed by atoms with Crippen LogP contribution in [0.25, 0.3) is 0 Å². The Bertz CT molecular complexity index is 30.1. The summed E-state index contributed by atoms with van der Waals surface area (Å²) in [4.78, 5) is 0. The summed E-state index contributed by atoms with van der Waals surface area (Å²) in [6, 6.07) is 0. The number of hydrogen-bond donors (Lipinski definition) is 2. The van der Waals surface area contributed by atoms with Crippen molar-refractivity contribution in [2.24, 2.45) is 0 Å². The number of aliphatic hydroxyl groups excluding tert-OH is 2. The van der Waals surface area contributed by atoms with E-state index in [0.29, 0.717) is 19.6 Å². The molecule has 0 bridgehead atoms. The summed E-state index contributed by atoms with van der Waals surface area (Å²) in [5.41, 5.74) is 0. The molecule has 0 unspecified atom stereocenters. The molecule has 0 saturated carbocycles. The van der Waals surface area contributed by atoms with Crippen LogP contribution >= 0.6 is 0 Å². The fraction of sp³-hybridized carbons (Fsp3) is 1.00. The summed E-state index contributed by atoms with van der Waals surface area (Å²) in [6.45, 7) is 0.692. The molecule has 0 spiro atoms. The first kappa shape index (κ1) is 2.16. The Morgan fingerprint density at radius 2 is 2.00 bits per heavy atom. The van der Waals surface area contributed by atoms with Crippen molar-refractivity contribution >= 4 is 0 Å². The van der Waals surface area contributed by atoms with Gasteiger partial charge in [-0.05, 0) is 6.42 Å². The molecule has 0 aromatic rings. The second-order valence-corrected chi connectivity index (χ2v) is 0.762. The fourth-order valence-corrected chi connectivity index (χ4v) is 0.0589. The smallest absolute Gasteiger partial charge is 0.210 e. The molecular weight excluding hydrogens is 68.0 g/mol. The number of hydrogen-bond acceptors (Lipinski definition) is 2. The number of rotatable bonds is 4. The zero-order valence-electron chi connectivity index (χ0n) is 4.94. The van der Waals surface area contributed by atoms with Crippen LogP contribution in [0, 0.1) is 0 Å². The Labute approximate surface area is 34.0 Å². The van der Waals surface area contributed by atoms with E-state index < -0.39 is 0 Å². The normalized spacial score (nSPS) is 13.6. The van der Waals surface area contributed by atoms with Crippen molar-refractivity contribution in [1.29, 1.82) is 2.86 Å². The van der Waals surface area contributed by atoms with Crippen molar-refractivity contribution in [3.8, 4) is 0 Å². The third-order valence-electron chi connectivity index (χ3n) is 0.289. The first-order valence-corrected chi connectivity index (χ1v) is 1.58. The van der Waals surface area contributed by atoms with Gasteiger partial charge in [-0.15, -0.1) is 0 Å². The van der Waals surface area contributed by atoms with Gasteiger partial charge in [0.15, 0.2) is 0 Å². The van der Waals surface area contributed by atoms with Crippen molar-refractivity contribution < 1.29 is 10.2 Å². The van der Waals surface area contributed by atoms with Crippen molar-refractivity contribution in [1.82, 2.24) is 0 Å². The van der Waals surface area contributed by atoms with Gasteiger partial charge in [-0.2, -0.15) is 0 Å². The molecule has 0 heterocycles. The van der Waals surface area contributed by atoms with E-state index in [1.54, 1.807) is 0 Å². The van der Waals surface area contributed by atoms with Gasteiger partial charge in [0.25, 0.3) is 0 Å². The molecule has 0 saturated heterocycles. The molecule has 5 heavy (non-hydrogen) atoms. The first-order valence-electron chi connectivity index (χ1n) is 2.39. The van der Waals surface area contributed by atoms with E-state index >= 15 is 0 Å². The van der Waals surface area contributed by atoms with Gasteiger partial charge in [-0.25, -0.2) is 0 Å². The van der Waals surface area contributed by atoms with Crippen molar-refractivity contribution in [2.75, 3.05) is 13.2 Å². The van der Waals surface area contributed by atoms with E-state index in [2.05, 4.69) is 10.2 Å². The minimum Gasteiger partial charge on any atom is -0.396 e. The van der Waals surface area contributed by atoms with Crippen molar-refractivity contribution in [2.45, 2.75) is 6.42 Å². The zero-order valence-corrected chi connectivity index (χ0v) is 2.94. The third kappa shape index (κ3) is 3.92. The molecule has 0 fully saturated rings. The van der Waals surface area contributed by atoms with Gasteiger partial charge in [0, 0.05) is 13.2 Å². The Kier molecular flexibility index (Phi) is 1.69. The Morgan fingerprint density at radius 1 is 1.40 bits per heavy atom. The molecule has 2 heteroatoms. The topological polar surface area (TPSA) is 40.5 Å². The zero-order chi connectivity index (χ0) is 5.54. The second kappa shape index (κ2) is 3.92. The summed E-state index contributed by atoms with van der Waals surface area (Å²) in [6.07, 6.45) is 0.618. The summed E-state index contributed by atoms with van der Waals surface area (Å²) in [5.74, 6) is 0. The standard InChI is InChI=1S/C3H8O2/c4-2-1-3-5/h4-5H,1-3H2/i4D,5D. The molecule has 0 aliphatic rings. The van der Waals surface area contributed by atoms with E-state index in [9.17, 15) is 0 Å². The third-order valence-corrected chi connectivity index (χ3v) is 0.289. The fourth-order valence-electron chi connectivity index (χ4n) is 0.0589. The molecule has 0 aliphatic heterocycles. The highest BCUT2D eigenvalue weighted by atomic mass is 16.3. The molecule has 0 atom stereocenters. The SMILES string of the molecule is [2H]OCCCO[2H]. The van der Waals surface area contributed by atoms with E-state index in [-0.39, 0.29) is 0 Å². The van der Waals surface area contributed by atoms with E-state index in [1.807, 2.05) is 0 Å². The summed E-state index contributed by atoms with van der Waals surface area (Å²) in [7, 11) is 0. The molecule has 0 amide bonds. The van der Waals surface area contributed by atoms with Crippen LogP contribution in [0.5, 0.6) is 0 Å². The number of aliphatic hydroxyl groups is 2. The highest BCUT2D eigenvalue weighted by Crippen LogP contribution is 1.65. The lowest BCUT2D eigenvalue weighted by molar-refractivity contribution is 0.221. The van der Waals surface area contributed by atoms with Crippen LogP contribution in [-0.4, -0.2) is 26.3 Å². The van der Waals surface area contributed by atoms with E-state index in [4.69, 9.17) is 2.86 Å². The van der Waals surface area contributed by atoms with Crippen LogP contribution in [0.1, 0.15) is 6.42 Å². The average molecular weight is 78.1 g/mol. The lowest BCUT2D eigenvalue weighted by Crippen LogP contribution is -1.85. The minimum absolute atomic E-state index is 0.346. The molecular formula is C3H8O2. The Balaban J connectivity index is 2.45. The monoisotopic (exact) mass is 78.1 g/mol. The molecule has 2 N–H and O–H groups in total. The molecule has 0 aromatic carbocycles. The molecule has 0 rings (SSSR count). The largest absolute Gasteiger partial charge is 0.396 e. The van der Waals surface area contributed by atoms with Gasteiger partial charge in [0.2, 0.25) is 2.86 Å². The second-order valence-electron chi connectivity index (χ2n) is 0.762. The maximum Gasteiger partial charge on any atom is 0.210 e. The lowest BCUT2D eigenvalue weighted by atomic mass is 10.5. The van der Waals surface area contributed by atoms with Gasteiger partial charge in [0.1, 0.15) is 0 Å². The maximum absolute atomic E-state index is 6.16. The van der Waals surface area contributed by atoms with Crippen LogP contribution in [-0.2, 0) is 0 Å². The van der Waals surface area contributed by atoms with E-state index in [1.165, 1.54) is 0 Å². The quantitative estimate of drug-likeness (QED) is 0.439. The van der Waals surface area contributed by atoms with Crippen LogP contribution in [0.4, 0.5) is 0 Å². The van der Waals surface area contributed by atoms with Gasteiger partial charge in [0.05, 0.1) is 0 Å². The van der Waals surface area contributed by atoms with Crippen LogP contribution in [0.15, 0.2) is 0 Å². The Morgan fingerprint density at radius 3 is 2.40 bits per heavy atom. The van der Waals surface area contributed by atoms with Crippen LogP contribution in [0.2, 0.25) is 0 Å². The average Bonchev–Trinajstić information content (AvgIpc) is 1.69. The molecule has 0 aromatic heterocycles. The van der Waals surface area contributed by atoms with E-state index in [0.717, 1.165) is 0 Å². The van der Waals surface area contributed by atoms with Gasteiger partial charge in [-0.3, -0.25) is 0 Å². The lowest BCUT2D eigenvalue weighted by Gasteiger charge is -1.79. The predicted molar refractivity (Wildman–Crippen MR) is 18.8 cm³/mol. The van der Waals surface area contributed by atoms with Gasteiger partial charge < -0.3 is 10.2 Å². The molecule has 2 nitrogen and oxygen atoms in total. The molecule has 0 aliphatic carbocycles. The maximum atomic E-state index is 6.16. The Hall–Kier alpha value is -0.0800. The summed E-state index contributed by atoms with van der Waals surface area (Å²) < 4.78 is 12.3. The first-order chi connectivity index (χ1) is 3.41. The van der Waals surface area contributed by atoms with Gasteiger partial charge in [-0.1, -0.05) is 0 Å². The minimum atomic E-state index is 0.346. The van der Waals surface area contributed by atoms with Crippen molar-refractivity contribution in [3.05, 3.63) is 0 Å². The predicted octanol–water partition coefficient (Wildman–Crippen LogP) is -0.639. The summed E-state index contributed by atoms with van der Waals surface area (Å²) in [5, 5.41) is 7.86. The summed E-state index contributed by atoms with van der Waals surface area (Å²) >= 11 is 0. The molecule has 32 valence electrons. The molecule has 0 radical (unpaired) electrons. The van der Waals surface area contributed by atoms with Gasteiger partial charge >= 0.3 is 0 Å². The highest BCUT2D eigenvalue weighted by molar-refractivity contribution is 4.22. The van der Waals surface area contributed by atoms with Crippen LogP contribution < -0.4 is 0 Å². The van der Waals surface area contributed by atoms with Crippen LogP contribution in [0.3, 0.4) is 0 Å². The highest BCUT2D eigenvalue weighted by Gasteiger charge is 1.70.